The Bertz CT molecular complexity index is 3130. The van der Waals surface area contributed by atoms with E-state index in [9.17, 15) is 0 Å². The second-order valence-corrected chi connectivity index (χ2v) is 13.4. The summed E-state index contributed by atoms with van der Waals surface area (Å²) in [5, 5.41) is 8.67. The topological polar surface area (TPSA) is 65.0 Å². The van der Waals surface area contributed by atoms with Crippen molar-refractivity contribution in [2.75, 3.05) is 0 Å². The van der Waals surface area contributed by atoms with Gasteiger partial charge in [0.2, 0.25) is 0 Å². The van der Waals surface area contributed by atoms with Gasteiger partial charge in [0.25, 0.3) is 0 Å². The van der Waals surface area contributed by atoms with Crippen molar-refractivity contribution in [2.45, 2.75) is 0 Å². The first kappa shape index (κ1) is 26.7. The molecule has 4 heterocycles. The lowest BCUT2D eigenvalue weighted by Crippen LogP contribution is -2.00. The van der Waals surface area contributed by atoms with Crippen LogP contribution in [0.3, 0.4) is 0 Å². The van der Waals surface area contributed by atoms with Crippen LogP contribution in [0.4, 0.5) is 0 Å². The molecule has 228 valence electrons. The first-order valence-corrected chi connectivity index (χ1v) is 17.0. The van der Waals surface area contributed by atoms with Gasteiger partial charge in [-0.15, -0.1) is 11.3 Å². The smallest absolute Gasteiger partial charge is 0.165 e. The van der Waals surface area contributed by atoms with Gasteiger partial charge in [0, 0.05) is 53.7 Å². The third-order valence-electron chi connectivity index (χ3n) is 9.53. The summed E-state index contributed by atoms with van der Waals surface area (Å²) in [6.07, 6.45) is 0. The number of hydrogen-bond donors (Lipinski definition) is 0. The van der Waals surface area contributed by atoms with E-state index >= 15 is 0 Å². The second kappa shape index (κ2) is 10.1. The average molecular weight is 646 g/mol. The molecular formula is C43H23N3O2S. The number of furan rings is 2. The Balaban J connectivity index is 1.25. The predicted octanol–water partition coefficient (Wildman–Crippen LogP) is 12.2. The monoisotopic (exact) mass is 645 g/mol. The quantitative estimate of drug-likeness (QED) is 0.191. The van der Waals surface area contributed by atoms with Crippen LogP contribution in [0.2, 0.25) is 0 Å². The number of fused-ring (bicyclic) bond motifs is 11. The maximum absolute atomic E-state index is 6.57. The number of para-hydroxylation sites is 2. The maximum atomic E-state index is 6.57. The number of aromatic nitrogens is 3. The van der Waals surface area contributed by atoms with Gasteiger partial charge in [-0.05, 0) is 53.2 Å². The fraction of sp³-hybridized carbons (Fsp3) is 0. The molecule has 0 fully saturated rings. The molecule has 49 heavy (non-hydrogen) atoms. The molecule has 0 radical (unpaired) electrons. The molecule has 0 N–H and O–H groups in total. The summed E-state index contributed by atoms with van der Waals surface area (Å²) in [5.74, 6) is 1.85. The summed E-state index contributed by atoms with van der Waals surface area (Å²) in [7, 11) is 0. The lowest BCUT2D eigenvalue weighted by Gasteiger charge is -2.11. The second-order valence-electron chi connectivity index (χ2n) is 12.3. The zero-order valence-corrected chi connectivity index (χ0v) is 26.7. The molecule has 0 aliphatic heterocycles. The summed E-state index contributed by atoms with van der Waals surface area (Å²) >= 11 is 1.75. The Labute approximate surface area is 282 Å². The first-order chi connectivity index (χ1) is 24.3. The van der Waals surface area contributed by atoms with Gasteiger partial charge in [-0.1, -0.05) is 97.1 Å². The number of hydrogen-bond acceptors (Lipinski definition) is 6. The van der Waals surface area contributed by atoms with Crippen LogP contribution in [0.25, 0.3) is 109 Å². The van der Waals surface area contributed by atoms with Crippen LogP contribution in [-0.4, -0.2) is 15.0 Å². The number of rotatable bonds is 3. The summed E-state index contributed by atoms with van der Waals surface area (Å²) in [4.78, 5) is 15.7. The number of benzene rings is 7. The third kappa shape index (κ3) is 3.95. The van der Waals surface area contributed by atoms with Gasteiger partial charge in [0.15, 0.2) is 17.5 Å². The Morgan fingerprint density at radius 3 is 1.92 bits per heavy atom. The molecule has 0 unspecified atom stereocenters. The van der Waals surface area contributed by atoms with Crippen LogP contribution in [0.5, 0.6) is 0 Å². The molecule has 0 aliphatic carbocycles. The van der Waals surface area contributed by atoms with Crippen molar-refractivity contribution in [3.63, 3.8) is 0 Å². The molecular weight excluding hydrogens is 623 g/mol. The van der Waals surface area contributed by atoms with Crippen molar-refractivity contribution in [1.29, 1.82) is 0 Å². The Morgan fingerprint density at radius 2 is 1.06 bits per heavy atom. The molecule has 11 rings (SSSR count). The first-order valence-electron chi connectivity index (χ1n) is 16.2. The lowest BCUT2D eigenvalue weighted by atomic mass is 10.0. The molecule has 4 aromatic heterocycles. The van der Waals surface area contributed by atoms with Gasteiger partial charge in [0.05, 0.1) is 4.70 Å². The van der Waals surface area contributed by atoms with E-state index in [1.807, 2.05) is 42.5 Å². The highest BCUT2D eigenvalue weighted by Gasteiger charge is 2.22. The van der Waals surface area contributed by atoms with Gasteiger partial charge in [0.1, 0.15) is 22.3 Å². The third-order valence-corrected chi connectivity index (χ3v) is 10.7. The zero-order valence-electron chi connectivity index (χ0n) is 25.8. The molecule has 0 bridgehead atoms. The van der Waals surface area contributed by atoms with Crippen LogP contribution in [0.15, 0.2) is 148 Å². The molecule has 7 aromatic carbocycles. The molecule has 6 heteroatoms. The van der Waals surface area contributed by atoms with E-state index in [1.165, 1.54) is 4.70 Å². The fourth-order valence-electron chi connectivity index (χ4n) is 7.26. The van der Waals surface area contributed by atoms with Crippen LogP contribution in [0.1, 0.15) is 0 Å². The molecule has 0 amide bonds. The molecule has 0 spiro atoms. The van der Waals surface area contributed by atoms with E-state index in [0.717, 1.165) is 86.8 Å². The maximum Gasteiger partial charge on any atom is 0.165 e. The highest BCUT2D eigenvalue weighted by molar-refractivity contribution is 7.26. The van der Waals surface area contributed by atoms with Gasteiger partial charge in [-0.25, -0.2) is 15.0 Å². The van der Waals surface area contributed by atoms with Crippen molar-refractivity contribution < 1.29 is 8.83 Å². The van der Waals surface area contributed by atoms with E-state index in [1.54, 1.807) is 11.3 Å². The van der Waals surface area contributed by atoms with E-state index in [0.29, 0.717) is 17.5 Å². The van der Waals surface area contributed by atoms with Crippen molar-refractivity contribution >= 4 is 86.2 Å². The minimum atomic E-state index is 0.603. The van der Waals surface area contributed by atoms with Gasteiger partial charge >= 0.3 is 0 Å². The Hall–Kier alpha value is -6.37. The summed E-state index contributed by atoms with van der Waals surface area (Å²) in [6.45, 7) is 0. The van der Waals surface area contributed by atoms with Gasteiger partial charge < -0.3 is 8.83 Å². The highest BCUT2D eigenvalue weighted by atomic mass is 32.1. The SMILES string of the molecule is c1ccc2c(-c3nc(-c4ccc5oc6ccccc6c5c4)nc(-c4cc5c6ccccc6oc5c5c4sc4ccccc45)n3)cccc2c1. The average Bonchev–Trinajstić information content (AvgIpc) is 3.85. The van der Waals surface area contributed by atoms with Crippen molar-refractivity contribution in [3.05, 3.63) is 140 Å². The summed E-state index contributed by atoms with van der Waals surface area (Å²) < 4.78 is 15.0. The molecule has 0 aliphatic rings. The number of thiophene rings is 1. The largest absolute Gasteiger partial charge is 0.456 e. The van der Waals surface area contributed by atoms with Crippen molar-refractivity contribution in [2.24, 2.45) is 0 Å². The Morgan fingerprint density at radius 1 is 0.429 bits per heavy atom. The normalized spacial score (nSPS) is 12.1. The minimum absolute atomic E-state index is 0.603. The standard InChI is InChI=1S/C43H23N3O2S/c1-2-12-26-24(10-1)11-9-16-29(26)42-44-41(25-20-21-36-31(22-25)27-13-3-6-17-34(27)47-36)45-43(46-42)33-23-32-28-14-4-7-18-35(28)48-39(32)38-30-15-5-8-19-37(30)49-40(33)38/h1-23H. The molecule has 5 nitrogen and oxygen atoms in total. The van der Waals surface area contributed by atoms with Gasteiger partial charge in [-0.3, -0.25) is 0 Å². The van der Waals surface area contributed by atoms with Crippen LogP contribution in [-0.2, 0) is 0 Å². The predicted molar refractivity (Wildman–Crippen MR) is 201 cm³/mol. The minimum Gasteiger partial charge on any atom is -0.456 e. The van der Waals surface area contributed by atoms with E-state index in [2.05, 4.69) is 97.1 Å². The van der Waals surface area contributed by atoms with Gasteiger partial charge in [-0.2, -0.15) is 0 Å². The van der Waals surface area contributed by atoms with E-state index in [4.69, 9.17) is 23.8 Å². The molecule has 0 atom stereocenters. The lowest BCUT2D eigenvalue weighted by molar-refractivity contribution is 0.669. The fourth-order valence-corrected chi connectivity index (χ4v) is 8.47. The van der Waals surface area contributed by atoms with Crippen molar-refractivity contribution in [3.8, 4) is 34.2 Å². The molecule has 0 saturated carbocycles. The summed E-state index contributed by atoms with van der Waals surface area (Å²) in [6, 6.07) is 47.9. The van der Waals surface area contributed by atoms with E-state index < -0.39 is 0 Å². The van der Waals surface area contributed by atoms with Crippen LogP contribution >= 0.6 is 11.3 Å². The number of nitrogens with zero attached hydrogens (tertiary/aromatic N) is 3. The zero-order chi connectivity index (χ0) is 32.1. The Kier molecular flexibility index (Phi) is 5.48. The van der Waals surface area contributed by atoms with E-state index in [-0.39, 0.29) is 0 Å². The van der Waals surface area contributed by atoms with Crippen LogP contribution < -0.4 is 0 Å². The van der Waals surface area contributed by atoms with Crippen molar-refractivity contribution in [1.82, 2.24) is 15.0 Å². The summed E-state index contributed by atoms with van der Waals surface area (Å²) in [5.41, 5.74) is 6.24. The molecule has 0 saturated heterocycles. The van der Waals surface area contributed by atoms with Crippen LogP contribution in [0, 0.1) is 0 Å². The highest BCUT2D eigenvalue weighted by Crippen LogP contribution is 2.46. The molecule has 11 aromatic rings.